The summed E-state index contributed by atoms with van der Waals surface area (Å²) in [5, 5.41) is 0. The summed E-state index contributed by atoms with van der Waals surface area (Å²) in [6.07, 6.45) is 2.74. The van der Waals surface area contributed by atoms with Gasteiger partial charge in [0.05, 0.1) is 12.1 Å². The number of likely N-dealkylation sites (tertiary alicyclic amines) is 1. The summed E-state index contributed by atoms with van der Waals surface area (Å²) in [7, 11) is 1.60. The fraction of sp³-hybridized carbons (Fsp3) is 0.933. The molecule has 0 aromatic heterocycles. The summed E-state index contributed by atoms with van der Waals surface area (Å²) in [6, 6.07) is 0.223. The van der Waals surface area contributed by atoms with Crippen LogP contribution in [0, 0.1) is 0 Å². The zero-order valence-electron chi connectivity index (χ0n) is 13.6. The van der Waals surface area contributed by atoms with Crippen molar-refractivity contribution < 1.29 is 19.0 Å². The molecule has 118 valence electrons. The molecule has 20 heavy (non-hydrogen) atoms. The van der Waals surface area contributed by atoms with E-state index < -0.39 is 5.60 Å². The first-order chi connectivity index (χ1) is 9.26. The molecule has 1 heterocycles. The molecule has 0 radical (unpaired) electrons. The van der Waals surface area contributed by atoms with Gasteiger partial charge >= 0.3 is 6.09 Å². The molecule has 5 nitrogen and oxygen atoms in total. The van der Waals surface area contributed by atoms with Crippen LogP contribution in [-0.4, -0.2) is 48.7 Å². The second kappa shape index (κ2) is 7.27. The monoisotopic (exact) mass is 287 g/mol. The SMILES string of the molecule is COCO[C@@H](C)C1CCC[C@H](C)N1C(=O)OC(C)(C)C. The maximum atomic E-state index is 12.4. The molecule has 3 atom stereocenters. The van der Waals surface area contributed by atoms with Gasteiger partial charge in [-0.15, -0.1) is 0 Å². The minimum absolute atomic E-state index is 0.0451. The first-order valence-corrected chi connectivity index (χ1v) is 7.38. The van der Waals surface area contributed by atoms with Gasteiger partial charge in [-0.1, -0.05) is 0 Å². The van der Waals surface area contributed by atoms with E-state index in [9.17, 15) is 4.79 Å². The van der Waals surface area contributed by atoms with E-state index in [0.29, 0.717) is 0 Å². The van der Waals surface area contributed by atoms with Gasteiger partial charge in [0.25, 0.3) is 0 Å². The van der Waals surface area contributed by atoms with E-state index in [1.165, 1.54) is 0 Å². The van der Waals surface area contributed by atoms with E-state index >= 15 is 0 Å². The molecule has 1 saturated heterocycles. The predicted octanol–water partition coefficient (Wildman–Crippen LogP) is 3.17. The highest BCUT2D eigenvalue weighted by Crippen LogP contribution is 2.28. The molecule has 0 spiro atoms. The lowest BCUT2D eigenvalue weighted by Gasteiger charge is -2.43. The number of hydrogen-bond donors (Lipinski definition) is 0. The summed E-state index contributed by atoms with van der Waals surface area (Å²) >= 11 is 0. The Morgan fingerprint density at radius 1 is 1.35 bits per heavy atom. The van der Waals surface area contributed by atoms with Gasteiger partial charge in [-0.2, -0.15) is 0 Å². The molecule has 0 aliphatic carbocycles. The number of carbonyl (C=O) groups is 1. The Bertz CT molecular complexity index is 313. The average Bonchev–Trinajstić information content (AvgIpc) is 2.33. The Balaban J connectivity index is 2.76. The van der Waals surface area contributed by atoms with Gasteiger partial charge in [0.15, 0.2) is 0 Å². The largest absolute Gasteiger partial charge is 0.444 e. The van der Waals surface area contributed by atoms with Crippen molar-refractivity contribution in [2.75, 3.05) is 13.9 Å². The topological polar surface area (TPSA) is 48.0 Å². The van der Waals surface area contributed by atoms with Crippen LogP contribution in [0.4, 0.5) is 4.79 Å². The Labute approximate surface area is 122 Å². The molecular weight excluding hydrogens is 258 g/mol. The molecule has 1 unspecified atom stereocenters. The van der Waals surface area contributed by atoms with Crippen LogP contribution in [0.25, 0.3) is 0 Å². The van der Waals surface area contributed by atoms with Crippen LogP contribution in [0.5, 0.6) is 0 Å². The van der Waals surface area contributed by atoms with E-state index in [2.05, 4.69) is 6.92 Å². The van der Waals surface area contributed by atoms with E-state index in [1.54, 1.807) is 7.11 Å². The number of piperidine rings is 1. The Morgan fingerprint density at radius 3 is 2.55 bits per heavy atom. The lowest BCUT2D eigenvalue weighted by atomic mass is 9.94. The number of carbonyl (C=O) groups excluding carboxylic acids is 1. The van der Waals surface area contributed by atoms with Gasteiger partial charge in [-0.25, -0.2) is 4.79 Å². The van der Waals surface area contributed by atoms with Gasteiger partial charge in [-0.3, -0.25) is 4.90 Å². The lowest BCUT2D eigenvalue weighted by molar-refractivity contribution is -0.104. The molecule has 1 aliphatic heterocycles. The van der Waals surface area contributed by atoms with Gasteiger partial charge in [0.2, 0.25) is 0 Å². The minimum Gasteiger partial charge on any atom is -0.444 e. The summed E-state index contributed by atoms with van der Waals surface area (Å²) in [4.78, 5) is 14.3. The Morgan fingerprint density at radius 2 is 2.00 bits per heavy atom. The average molecular weight is 287 g/mol. The second-order valence-electron chi connectivity index (χ2n) is 6.51. The number of amides is 1. The molecule has 0 aromatic carbocycles. The van der Waals surface area contributed by atoms with Crippen LogP contribution in [0.2, 0.25) is 0 Å². The van der Waals surface area contributed by atoms with Crippen LogP contribution < -0.4 is 0 Å². The molecule has 1 fully saturated rings. The molecule has 1 aliphatic rings. The fourth-order valence-corrected chi connectivity index (χ4v) is 2.60. The number of ether oxygens (including phenoxy) is 3. The highest BCUT2D eigenvalue weighted by molar-refractivity contribution is 5.69. The van der Waals surface area contributed by atoms with E-state index in [1.807, 2.05) is 32.6 Å². The fourth-order valence-electron chi connectivity index (χ4n) is 2.60. The molecule has 0 saturated carbocycles. The van der Waals surface area contributed by atoms with Crippen molar-refractivity contribution in [3.63, 3.8) is 0 Å². The third kappa shape index (κ3) is 4.94. The van der Waals surface area contributed by atoms with Gasteiger partial charge < -0.3 is 14.2 Å². The Kier molecular flexibility index (Phi) is 6.27. The normalized spacial score (nSPS) is 25.4. The van der Waals surface area contributed by atoms with Crippen LogP contribution in [0.15, 0.2) is 0 Å². The van der Waals surface area contributed by atoms with Gasteiger partial charge in [-0.05, 0) is 53.9 Å². The molecular formula is C15H29NO4. The summed E-state index contributed by atoms with van der Waals surface area (Å²) < 4.78 is 16.1. The highest BCUT2D eigenvalue weighted by Gasteiger charge is 2.37. The van der Waals surface area contributed by atoms with Crippen LogP contribution >= 0.6 is 0 Å². The van der Waals surface area contributed by atoms with Crippen molar-refractivity contribution in [3.8, 4) is 0 Å². The number of rotatable bonds is 4. The van der Waals surface area contributed by atoms with Crippen LogP contribution in [0.1, 0.15) is 53.9 Å². The zero-order chi connectivity index (χ0) is 15.3. The van der Waals surface area contributed by atoms with E-state index in [0.717, 1.165) is 19.3 Å². The quantitative estimate of drug-likeness (QED) is 0.745. The van der Waals surface area contributed by atoms with Crippen molar-refractivity contribution >= 4 is 6.09 Å². The smallest absolute Gasteiger partial charge is 0.410 e. The van der Waals surface area contributed by atoms with Crippen molar-refractivity contribution in [2.24, 2.45) is 0 Å². The van der Waals surface area contributed by atoms with E-state index in [4.69, 9.17) is 14.2 Å². The van der Waals surface area contributed by atoms with Crippen LogP contribution in [-0.2, 0) is 14.2 Å². The van der Waals surface area contributed by atoms with Crippen molar-refractivity contribution in [3.05, 3.63) is 0 Å². The van der Waals surface area contributed by atoms with Crippen molar-refractivity contribution in [2.45, 2.75) is 77.7 Å². The molecule has 1 amide bonds. The summed E-state index contributed by atoms with van der Waals surface area (Å²) in [5.74, 6) is 0. The van der Waals surface area contributed by atoms with Crippen molar-refractivity contribution in [1.29, 1.82) is 0 Å². The predicted molar refractivity (Wildman–Crippen MR) is 77.6 cm³/mol. The van der Waals surface area contributed by atoms with Crippen molar-refractivity contribution in [1.82, 2.24) is 4.90 Å². The third-order valence-electron chi connectivity index (χ3n) is 3.55. The minimum atomic E-state index is -0.477. The second-order valence-corrected chi connectivity index (χ2v) is 6.51. The highest BCUT2D eigenvalue weighted by atomic mass is 16.7. The first kappa shape index (κ1) is 17.2. The molecule has 0 aromatic rings. The molecule has 1 rings (SSSR count). The van der Waals surface area contributed by atoms with E-state index in [-0.39, 0.29) is 31.1 Å². The number of methoxy groups -OCH3 is 1. The zero-order valence-corrected chi connectivity index (χ0v) is 13.6. The Hall–Kier alpha value is -0.810. The van der Waals surface area contributed by atoms with Crippen LogP contribution in [0.3, 0.4) is 0 Å². The van der Waals surface area contributed by atoms with Gasteiger partial charge in [0.1, 0.15) is 12.4 Å². The maximum absolute atomic E-state index is 12.4. The molecule has 0 N–H and O–H groups in total. The molecule has 0 bridgehead atoms. The third-order valence-corrected chi connectivity index (χ3v) is 3.55. The lowest BCUT2D eigenvalue weighted by Crippen LogP contribution is -2.54. The summed E-state index contributed by atoms with van der Waals surface area (Å²) in [5.41, 5.74) is -0.477. The number of nitrogens with zero attached hydrogens (tertiary/aromatic N) is 1. The number of hydrogen-bond acceptors (Lipinski definition) is 4. The summed E-state index contributed by atoms with van der Waals surface area (Å²) in [6.45, 7) is 9.96. The first-order valence-electron chi connectivity index (χ1n) is 7.38. The molecule has 5 heteroatoms. The van der Waals surface area contributed by atoms with Gasteiger partial charge in [0, 0.05) is 13.2 Å². The maximum Gasteiger partial charge on any atom is 0.410 e. The standard InChI is InChI=1S/C15H29NO4/c1-11-8-7-9-13(12(2)19-10-18-6)16(11)14(17)20-15(3,4)5/h11-13H,7-10H2,1-6H3/t11-,12-,13?/m0/s1.